The Hall–Kier alpha value is -1.81. The van der Waals surface area contributed by atoms with Crippen LogP contribution in [0.2, 0.25) is 0 Å². The first-order chi connectivity index (χ1) is 9.88. The molecule has 0 bridgehead atoms. The lowest BCUT2D eigenvalue weighted by molar-refractivity contribution is -0.137. The molecule has 2 rings (SSSR count). The smallest absolute Gasteiger partial charge is 0.309 e. The zero-order valence-electron chi connectivity index (χ0n) is 12.1. The van der Waals surface area contributed by atoms with E-state index in [9.17, 15) is 13.2 Å². The molecular weight excluding hydrogens is 275 g/mol. The molecule has 4 heteroatoms. The highest BCUT2D eigenvalue weighted by molar-refractivity contribution is 5.33. The maximum Gasteiger partial charge on any atom is 0.416 e. The van der Waals surface area contributed by atoms with Crippen molar-refractivity contribution in [2.45, 2.75) is 33.1 Å². The molecule has 0 unspecified atom stereocenters. The van der Waals surface area contributed by atoms with E-state index in [1.54, 1.807) is 0 Å². The summed E-state index contributed by atoms with van der Waals surface area (Å²) >= 11 is 0. The Morgan fingerprint density at radius 2 is 1.57 bits per heavy atom. The second-order valence-corrected chi connectivity index (χ2v) is 5.16. The van der Waals surface area contributed by atoms with Crippen molar-refractivity contribution in [1.29, 1.82) is 0 Å². The van der Waals surface area contributed by atoms with E-state index in [4.69, 9.17) is 0 Å². The lowest BCUT2D eigenvalue weighted by Crippen LogP contribution is -2.14. The predicted octanol–water partition coefficient (Wildman–Crippen LogP) is 4.61. The first-order valence-corrected chi connectivity index (χ1v) is 6.80. The van der Waals surface area contributed by atoms with E-state index in [2.05, 4.69) is 31.3 Å². The average Bonchev–Trinajstić information content (AvgIpc) is 2.43. The predicted molar refractivity (Wildman–Crippen MR) is 77.9 cm³/mol. The van der Waals surface area contributed by atoms with Gasteiger partial charge in [0, 0.05) is 13.1 Å². The summed E-state index contributed by atoms with van der Waals surface area (Å²) in [6, 6.07) is 11.4. The molecule has 1 nitrogen and oxygen atoms in total. The molecule has 1 N–H and O–H groups in total. The molecule has 0 aromatic heterocycles. The van der Waals surface area contributed by atoms with Gasteiger partial charge in [0.25, 0.3) is 0 Å². The standard InChI is InChI=1S/C17H18F3N/c1-12-4-3-5-15(13(12)2)11-21-10-14-6-8-16(9-7-14)17(18,19)20/h3-9,21H,10-11H2,1-2H3. The van der Waals surface area contributed by atoms with Crippen molar-refractivity contribution in [1.82, 2.24) is 5.32 Å². The monoisotopic (exact) mass is 293 g/mol. The highest BCUT2D eigenvalue weighted by Crippen LogP contribution is 2.29. The number of hydrogen-bond acceptors (Lipinski definition) is 1. The molecule has 0 saturated carbocycles. The molecule has 0 fully saturated rings. The van der Waals surface area contributed by atoms with Crippen LogP contribution in [0.5, 0.6) is 0 Å². The van der Waals surface area contributed by atoms with Gasteiger partial charge >= 0.3 is 6.18 Å². The number of aryl methyl sites for hydroxylation is 1. The minimum Gasteiger partial charge on any atom is -0.309 e. The molecule has 0 amide bonds. The van der Waals surface area contributed by atoms with Crippen LogP contribution < -0.4 is 5.32 Å². The van der Waals surface area contributed by atoms with Crippen LogP contribution in [-0.4, -0.2) is 0 Å². The Labute approximate surface area is 122 Å². The summed E-state index contributed by atoms with van der Waals surface area (Å²) in [5.74, 6) is 0. The van der Waals surface area contributed by atoms with Gasteiger partial charge in [0.15, 0.2) is 0 Å². The number of alkyl halides is 3. The number of rotatable bonds is 4. The van der Waals surface area contributed by atoms with Gasteiger partial charge in [-0.3, -0.25) is 0 Å². The minimum atomic E-state index is -4.27. The Morgan fingerprint density at radius 3 is 2.19 bits per heavy atom. The molecule has 0 atom stereocenters. The Kier molecular flexibility index (Phi) is 4.68. The van der Waals surface area contributed by atoms with Crippen LogP contribution in [0.25, 0.3) is 0 Å². The molecular formula is C17H18F3N. The summed E-state index contributed by atoms with van der Waals surface area (Å²) in [6.07, 6.45) is -4.27. The van der Waals surface area contributed by atoms with Gasteiger partial charge in [0.05, 0.1) is 5.56 Å². The van der Waals surface area contributed by atoms with Gasteiger partial charge in [0.1, 0.15) is 0 Å². The lowest BCUT2D eigenvalue weighted by atomic mass is 10.0. The maximum absolute atomic E-state index is 12.5. The Balaban J connectivity index is 1.93. The van der Waals surface area contributed by atoms with Gasteiger partial charge in [-0.05, 0) is 48.2 Å². The molecule has 21 heavy (non-hydrogen) atoms. The summed E-state index contributed by atoms with van der Waals surface area (Å²) in [4.78, 5) is 0. The molecule has 0 saturated heterocycles. The molecule has 0 spiro atoms. The molecule has 0 radical (unpaired) electrons. The van der Waals surface area contributed by atoms with Gasteiger partial charge in [-0.25, -0.2) is 0 Å². The third-order valence-electron chi connectivity index (χ3n) is 3.64. The fourth-order valence-corrected chi connectivity index (χ4v) is 2.16. The number of halogens is 3. The van der Waals surface area contributed by atoms with E-state index in [0.29, 0.717) is 13.1 Å². The van der Waals surface area contributed by atoms with Crippen LogP contribution in [0, 0.1) is 13.8 Å². The second kappa shape index (κ2) is 6.31. The van der Waals surface area contributed by atoms with E-state index < -0.39 is 11.7 Å². The van der Waals surface area contributed by atoms with Crippen molar-refractivity contribution >= 4 is 0 Å². The van der Waals surface area contributed by atoms with Crippen LogP contribution in [0.4, 0.5) is 13.2 Å². The summed E-state index contributed by atoms with van der Waals surface area (Å²) in [7, 11) is 0. The molecule has 112 valence electrons. The zero-order chi connectivity index (χ0) is 15.5. The average molecular weight is 293 g/mol. The summed E-state index contributed by atoms with van der Waals surface area (Å²) in [5, 5.41) is 3.26. The summed E-state index contributed by atoms with van der Waals surface area (Å²) < 4.78 is 37.4. The highest BCUT2D eigenvalue weighted by atomic mass is 19.4. The quantitative estimate of drug-likeness (QED) is 0.868. The fraction of sp³-hybridized carbons (Fsp3) is 0.294. The number of hydrogen-bond donors (Lipinski definition) is 1. The topological polar surface area (TPSA) is 12.0 Å². The van der Waals surface area contributed by atoms with E-state index in [0.717, 1.165) is 17.7 Å². The SMILES string of the molecule is Cc1cccc(CNCc2ccc(C(F)(F)F)cc2)c1C. The minimum absolute atomic E-state index is 0.547. The van der Waals surface area contributed by atoms with Gasteiger partial charge in [-0.2, -0.15) is 13.2 Å². The normalized spacial score (nSPS) is 11.7. The number of nitrogens with one attached hydrogen (secondary N) is 1. The van der Waals surface area contributed by atoms with Crippen LogP contribution in [0.3, 0.4) is 0 Å². The van der Waals surface area contributed by atoms with Crippen LogP contribution in [0.15, 0.2) is 42.5 Å². The zero-order valence-corrected chi connectivity index (χ0v) is 12.1. The lowest BCUT2D eigenvalue weighted by Gasteiger charge is -2.11. The Bertz CT molecular complexity index is 600. The molecule has 0 aliphatic rings. The van der Waals surface area contributed by atoms with E-state index in [1.165, 1.54) is 28.8 Å². The van der Waals surface area contributed by atoms with E-state index in [-0.39, 0.29) is 0 Å². The maximum atomic E-state index is 12.5. The van der Waals surface area contributed by atoms with Crippen molar-refractivity contribution in [2.75, 3.05) is 0 Å². The van der Waals surface area contributed by atoms with Gasteiger partial charge in [-0.1, -0.05) is 30.3 Å². The third kappa shape index (κ3) is 4.08. The van der Waals surface area contributed by atoms with Gasteiger partial charge in [-0.15, -0.1) is 0 Å². The van der Waals surface area contributed by atoms with Crippen molar-refractivity contribution in [3.63, 3.8) is 0 Å². The van der Waals surface area contributed by atoms with Crippen molar-refractivity contribution in [2.24, 2.45) is 0 Å². The van der Waals surface area contributed by atoms with E-state index in [1.807, 2.05) is 6.07 Å². The van der Waals surface area contributed by atoms with Crippen molar-refractivity contribution in [3.05, 3.63) is 70.3 Å². The molecule has 0 aliphatic carbocycles. The second-order valence-electron chi connectivity index (χ2n) is 5.16. The van der Waals surface area contributed by atoms with E-state index >= 15 is 0 Å². The molecule has 0 aliphatic heterocycles. The van der Waals surface area contributed by atoms with Crippen molar-refractivity contribution < 1.29 is 13.2 Å². The fourth-order valence-electron chi connectivity index (χ4n) is 2.16. The molecule has 2 aromatic carbocycles. The highest BCUT2D eigenvalue weighted by Gasteiger charge is 2.29. The first-order valence-electron chi connectivity index (χ1n) is 6.80. The van der Waals surface area contributed by atoms with Crippen molar-refractivity contribution in [3.8, 4) is 0 Å². The van der Waals surface area contributed by atoms with Crippen LogP contribution >= 0.6 is 0 Å². The summed E-state index contributed by atoms with van der Waals surface area (Å²) in [5.41, 5.74) is 3.93. The van der Waals surface area contributed by atoms with Crippen LogP contribution in [-0.2, 0) is 19.3 Å². The Morgan fingerprint density at radius 1 is 0.905 bits per heavy atom. The summed E-state index contributed by atoms with van der Waals surface area (Å²) in [6.45, 7) is 5.39. The first kappa shape index (κ1) is 15.6. The van der Waals surface area contributed by atoms with Crippen LogP contribution in [0.1, 0.15) is 27.8 Å². The molecule has 0 heterocycles. The van der Waals surface area contributed by atoms with Gasteiger partial charge < -0.3 is 5.32 Å². The number of benzene rings is 2. The third-order valence-corrected chi connectivity index (χ3v) is 3.64. The largest absolute Gasteiger partial charge is 0.416 e. The molecule has 2 aromatic rings. The van der Waals surface area contributed by atoms with Gasteiger partial charge in [0.2, 0.25) is 0 Å².